The monoisotopic (exact) mass is 351 g/mol. The van der Waals surface area contributed by atoms with Gasteiger partial charge in [-0.25, -0.2) is 0 Å². The molecule has 1 saturated heterocycles. The Balaban J connectivity index is 1.73. The Morgan fingerprint density at radius 2 is 1.92 bits per heavy atom. The van der Waals surface area contributed by atoms with Gasteiger partial charge >= 0.3 is 0 Å². The van der Waals surface area contributed by atoms with Crippen LogP contribution in [0.25, 0.3) is 10.9 Å². The molecule has 1 fully saturated rings. The van der Waals surface area contributed by atoms with Gasteiger partial charge in [0.1, 0.15) is 0 Å². The van der Waals surface area contributed by atoms with Gasteiger partial charge in [-0.1, -0.05) is 6.07 Å². The van der Waals surface area contributed by atoms with Crippen LogP contribution in [0, 0.1) is 13.8 Å². The Labute approximate surface area is 143 Å². The highest BCUT2D eigenvalue weighted by Crippen LogP contribution is 2.22. The second-order valence-corrected chi connectivity index (χ2v) is 8.41. The SMILES string of the molecule is Cc1[nH]c2ccc(CNS(=O)(=O)N3CC(C)OC(C)C3)cc2c1C. The van der Waals surface area contributed by atoms with Crippen molar-refractivity contribution >= 4 is 21.1 Å². The van der Waals surface area contributed by atoms with Crippen molar-refractivity contribution in [2.24, 2.45) is 0 Å². The first-order chi connectivity index (χ1) is 11.3. The van der Waals surface area contributed by atoms with Crippen LogP contribution in [0.2, 0.25) is 0 Å². The van der Waals surface area contributed by atoms with Gasteiger partial charge < -0.3 is 9.72 Å². The molecule has 3 rings (SSSR count). The molecule has 0 amide bonds. The van der Waals surface area contributed by atoms with E-state index in [4.69, 9.17) is 4.74 Å². The maximum absolute atomic E-state index is 12.5. The molecule has 0 aliphatic carbocycles. The summed E-state index contributed by atoms with van der Waals surface area (Å²) >= 11 is 0. The molecule has 1 aromatic carbocycles. The number of fused-ring (bicyclic) bond motifs is 1. The van der Waals surface area contributed by atoms with Gasteiger partial charge in [-0.15, -0.1) is 0 Å². The normalized spacial score (nSPS) is 23.0. The molecular weight excluding hydrogens is 326 g/mol. The number of hydrogen-bond donors (Lipinski definition) is 2. The summed E-state index contributed by atoms with van der Waals surface area (Å²) in [4.78, 5) is 3.33. The number of rotatable bonds is 4. The van der Waals surface area contributed by atoms with Crippen LogP contribution in [0.3, 0.4) is 0 Å². The third-order valence-electron chi connectivity index (χ3n) is 4.56. The highest BCUT2D eigenvalue weighted by molar-refractivity contribution is 7.87. The molecule has 2 N–H and O–H groups in total. The molecule has 2 atom stereocenters. The molecule has 0 radical (unpaired) electrons. The van der Waals surface area contributed by atoms with E-state index in [1.54, 1.807) is 0 Å². The van der Waals surface area contributed by atoms with Gasteiger partial charge in [0.25, 0.3) is 10.2 Å². The lowest BCUT2D eigenvalue weighted by Crippen LogP contribution is -2.51. The van der Waals surface area contributed by atoms with E-state index >= 15 is 0 Å². The van der Waals surface area contributed by atoms with E-state index in [-0.39, 0.29) is 18.8 Å². The van der Waals surface area contributed by atoms with E-state index in [9.17, 15) is 8.42 Å². The fraction of sp³-hybridized carbons (Fsp3) is 0.529. The Bertz CT molecular complexity index is 834. The lowest BCUT2D eigenvalue weighted by molar-refractivity contribution is -0.0444. The molecule has 0 saturated carbocycles. The van der Waals surface area contributed by atoms with Crippen LogP contribution < -0.4 is 4.72 Å². The van der Waals surface area contributed by atoms with Crippen molar-refractivity contribution in [2.75, 3.05) is 13.1 Å². The number of nitrogens with one attached hydrogen (secondary N) is 2. The average molecular weight is 351 g/mol. The predicted octanol–water partition coefficient (Wildman–Crippen LogP) is 2.23. The minimum atomic E-state index is -3.51. The van der Waals surface area contributed by atoms with Crippen molar-refractivity contribution in [1.29, 1.82) is 0 Å². The number of morpholine rings is 1. The van der Waals surface area contributed by atoms with E-state index < -0.39 is 10.2 Å². The van der Waals surface area contributed by atoms with Gasteiger partial charge in [-0.3, -0.25) is 0 Å². The number of ether oxygens (including phenoxy) is 1. The second kappa shape index (κ2) is 6.48. The Hall–Kier alpha value is -1.41. The van der Waals surface area contributed by atoms with Crippen molar-refractivity contribution in [3.05, 3.63) is 35.0 Å². The molecule has 2 heterocycles. The lowest BCUT2D eigenvalue weighted by atomic mass is 10.1. The molecule has 0 spiro atoms. The summed E-state index contributed by atoms with van der Waals surface area (Å²) in [5.41, 5.74) is 4.36. The molecular formula is C17H25N3O3S. The number of aryl methyl sites for hydroxylation is 2. The summed E-state index contributed by atoms with van der Waals surface area (Å²) in [6, 6.07) is 5.99. The lowest BCUT2D eigenvalue weighted by Gasteiger charge is -2.34. The summed E-state index contributed by atoms with van der Waals surface area (Å²) < 4.78 is 34.9. The van der Waals surface area contributed by atoms with Gasteiger partial charge in [0.2, 0.25) is 0 Å². The first-order valence-corrected chi connectivity index (χ1v) is 9.68. The average Bonchev–Trinajstić information content (AvgIpc) is 2.79. The molecule has 6 nitrogen and oxygen atoms in total. The predicted molar refractivity (Wildman–Crippen MR) is 95.1 cm³/mol. The molecule has 24 heavy (non-hydrogen) atoms. The minimum Gasteiger partial charge on any atom is -0.373 e. The highest BCUT2D eigenvalue weighted by Gasteiger charge is 2.30. The summed E-state index contributed by atoms with van der Waals surface area (Å²) in [5.74, 6) is 0. The van der Waals surface area contributed by atoms with E-state index in [2.05, 4.69) is 16.6 Å². The van der Waals surface area contributed by atoms with Crippen molar-refractivity contribution in [3.63, 3.8) is 0 Å². The van der Waals surface area contributed by atoms with Gasteiger partial charge in [-0.2, -0.15) is 17.4 Å². The van der Waals surface area contributed by atoms with Crippen molar-refractivity contribution < 1.29 is 13.2 Å². The van der Waals surface area contributed by atoms with Crippen LogP contribution in [-0.4, -0.2) is 43.0 Å². The maximum atomic E-state index is 12.5. The standard InChI is InChI=1S/C17H25N3O3S/c1-11-9-20(10-12(2)23-11)24(21,22)18-8-15-5-6-17-16(7-15)13(3)14(4)19-17/h5-7,11-12,18-19H,8-10H2,1-4H3. The maximum Gasteiger partial charge on any atom is 0.279 e. The molecule has 1 aliphatic heterocycles. The topological polar surface area (TPSA) is 74.4 Å². The van der Waals surface area contributed by atoms with Crippen LogP contribution in [-0.2, 0) is 21.5 Å². The van der Waals surface area contributed by atoms with Gasteiger partial charge in [0.15, 0.2) is 0 Å². The summed E-state index contributed by atoms with van der Waals surface area (Å²) in [5, 5.41) is 1.14. The van der Waals surface area contributed by atoms with Gasteiger partial charge in [0, 0.05) is 36.2 Å². The molecule has 1 aliphatic rings. The van der Waals surface area contributed by atoms with Crippen LogP contribution in [0.1, 0.15) is 30.7 Å². The highest BCUT2D eigenvalue weighted by atomic mass is 32.2. The molecule has 132 valence electrons. The van der Waals surface area contributed by atoms with E-state index in [0.717, 1.165) is 22.2 Å². The third kappa shape index (κ3) is 3.49. The van der Waals surface area contributed by atoms with Gasteiger partial charge in [-0.05, 0) is 51.0 Å². The zero-order chi connectivity index (χ0) is 17.5. The largest absolute Gasteiger partial charge is 0.373 e. The molecule has 7 heteroatoms. The third-order valence-corrected chi connectivity index (χ3v) is 6.04. The quantitative estimate of drug-likeness (QED) is 0.887. The summed E-state index contributed by atoms with van der Waals surface area (Å²) in [7, 11) is -3.51. The fourth-order valence-corrected chi connectivity index (χ4v) is 4.56. The molecule has 2 aromatic rings. The van der Waals surface area contributed by atoms with E-state index in [1.165, 1.54) is 9.87 Å². The fourth-order valence-electron chi connectivity index (χ4n) is 3.21. The molecule has 2 unspecified atom stereocenters. The first kappa shape index (κ1) is 17.4. The van der Waals surface area contributed by atoms with Gasteiger partial charge in [0.05, 0.1) is 12.2 Å². The zero-order valence-corrected chi connectivity index (χ0v) is 15.4. The van der Waals surface area contributed by atoms with Crippen molar-refractivity contribution in [3.8, 4) is 0 Å². The van der Waals surface area contributed by atoms with Crippen LogP contribution in [0.4, 0.5) is 0 Å². The number of benzene rings is 1. The molecule has 1 aromatic heterocycles. The Morgan fingerprint density at radius 1 is 1.25 bits per heavy atom. The van der Waals surface area contributed by atoms with Crippen LogP contribution in [0.15, 0.2) is 18.2 Å². The zero-order valence-electron chi connectivity index (χ0n) is 14.6. The van der Waals surface area contributed by atoms with Crippen LogP contribution in [0.5, 0.6) is 0 Å². The Morgan fingerprint density at radius 3 is 2.58 bits per heavy atom. The number of nitrogens with zero attached hydrogens (tertiary/aromatic N) is 1. The number of aromatic amines is 1. The summed E-state index contributed by atoms with van der Waals surface area (Å²) in [6.45, 7) is 8.94. The first-order valence-electron chi connectivity index (χ1n) is 8.24. The van der Waals surface area contributed by atoms with Crippen molar-refractivity contribution in [2.45, 2.75) is 46.4 Å². The minimum absolute atomic E-state index is 0.0906. The number of H-pyrrole nitrogens is 1. The second-order valence-electron chi connectivity index (χ2n) is 6.66. The molecule has 0 bridgehead atoms. The smallest absolute Gasteiger partial charge is 0.279 e. The van der Waals surface area contributed by atoms with Crippen LogP contribution >= 0.6 is 0 Å². The van der Waals surface area contributed by atoms with E-state index in [1.807, 2.05) is 39.0 Å². The van der Waals surface area contributed by atoms with Crippen molar-refractivity contribution in [1.82, 2.24) is 14.0 Å². The number of hydrogen-bond acceptors (Lipinski definition) is 3. The number of aromatic nitrogens is 1. The summed E-state index contributed by atoms with van der Waals surface area (Å²) in [6.07, 6.45) is -0.181. The Kier molecular flexibility index (Phi) is 4.70. The van der Waals surface area contributed by atoms with E-state index in [0.29, 0.717) is 13.1 Å².